The van der Waals surface area contributed by atoms with Crippen LogP contribution >= 0.6 is 0 Å². The molecule has 0 unspecified atom stereocenters. The third-order valence-electron chi connectivity index (χ3n) is 4.23. The minimum Gasteiger partial charge on any atom is -0.406 e. The molecule has 0 aromatic heterocycles. The van der Waals surface area contributed by atoms with Crippen LogP contribution in [0.4, 0.5) is 13.2 Å². The van der Waals surface area contributed by atoms with Crippen molar-refractivity contribution in [2.75, 3.05) is 13.1 Å². The molecule has 0 atom stereocenters. The second-order valence-corrected chi connectivity index (χ2v) is 7.76. The summed E-state index contributed by atoms with van der Waals surface area (Å²) in [6.45, 7) is 0.977. The predicted octanol–water partition coefficient (Wildman–Crippen LogP) is 2.63. The van der Waals surface area contributed by atoms with E-state index in [2.05, 4.69) is 9.46 Å². The highest BCUT2D eigenvalue weighted by Crippen LogP contribution is 2.28. The smallest absolute Gasteiger partial charge is 0.406 e. The molecule has 24 heavy (non-hydrogen) atoms. The molecule has 9 heteroatoms. The van der Waals surface area contributed by atoms with Crippen LogP contribution in [0, 0.1) is 11.8 Å². The van der Waals surface area contributed by atoms with E-state index in [1.165, 1.54) is 0 Å². The Hall–Kier alpha value is -1.32. The Balaban J connectivity index is 1.91. The number of benzene rings is 1. The fourth-order valence-corrected chi connectivity index (χ4v) is 3.92. The molecule has 136 valence electrons. The van der Waals surface area contributed by atoms with Crippen LogP contribution < -0.4 is 15.2 Å². The van der Waals surface area contributed by atoms with Gasteiger partial charge in [-0.3, -0.25) is 0 Å². The summed E-state index contributed by atoms with van der Waals surface area (Å²) in [5.74, 6) is 0.316. The van der Waals surface area contributed by atoms with Crippen LogP contribution in [0.5, 0.6) is 5.75 Å². The second-order valence-electron chi connectivity index (χ2n) is 5.99. The fourth-order valence-electron chi connectivity index (χ4n) is 2.80. The molecule has 3 N–H and O–H groups in total. The first-order valence-electron chi connectivity index (χ1n) is 7.75. The number of hydrogen-bond donors (Lipinski definition) is 2. The van der Waals surface area contributed by atoms with Gasteiger partial charge in [0.2, 0.25) is 10.0 Å². The van der Waals surface area contributed by atoms with Gasteiger partial charge in [0.15, 0.2) is 0 Å². The lowest BCUT2D eigenvalue weighted by atomic mass is 9.82. The number of rotatable bonds is 6. The van der Waals surface area contributed by atoms with Gasteiger partial charge in [0.05, 0.1) is 4.90 Å². The lowest BCUT2D eigenvalue weighted by molar-refractivity contribution is -0.274. The van der Waals surface area contributed by atoms with Crippen molar-refractivity contribution in [3.63, 3.8) is 0 Å². The summed E-state index contributed by atoms with van der Waals surface area (Å²) in [7, 11) is -3.75. The van der Waals surface area contributed by atoms with Gasteiger partial charge in [0.25, 0.3) is 0 Å². The van der Waals surface area contributed by atoms with Crippen LogP contribution in [0.25, 0.3) is 0 Å². The summed E-state index contributed by atoms with van der Waals surface area (Å²) >= 11 is 0. The zero-order valence-electron chi connectivity index (χ0n) is 13.1. The van der Waals surface area contributed by atoms with E-state index in [-0.39, 0.29) is 10.8 Å². The van der Waals surface area contributed by atoms with Crippen molar-refractivity contribution in [3.05, 3.63) is 24.3 Å². The fraction of sp³-hybridized carbons (Fsp3) is 0.600. The van der Waals surface area contributed by atoms with Gasteiger partial charge in [0, 0.05) is 6.54 Å². The lowest BCUT2D eigenvalue weighted by Gasteiger charge is -2.27. The third kappa shape index (κ3) is 5.64. The first-order valence-corrected chi connectivity index (χ1v) is 9.23. The topological polar surface area (TPSA) is 81.4 Å². The van der Waals surface area contributed by atoms with Gasteiger partial charge in [-0.15, -0.1) is 13.2 Å². The lowest BCUT2D eigenvalue weighted by Crippen LogP contribution is -2.32. The number of hydrogen-bond acceptors (Lipinski definition) is 4. The molecule has 0 saturated heterocycles. The van der Waals surface area contributed by atoms with Gasteiger partial charge in [-0.05, 0) is 68.3 Å². The van der Waals surface area contributed by atoms with Crippen molar-refractivity contribution in [3.8, 4) is 5.75 Å². The molecule has 2 rings (SSSR count). The van der Waals surface area contributed by atoms with Crippen LogP contribution in [0.15, 0.2) is 29.2 Å². The molecule has 1 aliphatic rings. The summed E-state index contributed by atoms with van der Waals surface area (Å²) in [6, 6.07) is 4.15. The Bertz CT molecular complexity index is 624. The van der Waals surface area contributed by atoms with Crippen molar-refractivity contribution in [1.82, 2.24) is 4.72 Å². The highest BCUT2D eigenvalue weighted by molar-refractivity contribution is 7.89. The standard InChI is InChI=1S/C15H21F3N2O3S/c16-15(17,18)23-13-5-7-14(8-6-13)24(21,22)20-10-12-3-1-11(9-19)2-4-12/h5-8,11-12,20H,1-4,9-10,19H2. The van der Waals surface area contributed by atoms with Crippen LogP contribution in [-0.4, -0.2) is 27.9 Å². The van der Waals surface area contributed by atoms with E-state index in [1.54, 1.807) is 0 Å². The molecule has 0 bridgehead atoms. The summed E-state index contributed by atoms with van der Waals surface area (Å²) < 4.78 is 66.9. The zero-order valence-corrected chi connectivity index (χ0v) is 13.9. The van der Waals surface area contributed by atoms with Crippen LogP contribution in [0.1, 0.15) is 25.7 Å². The van der Waals surface area contributed by atoms with Crippen LogP contribution in [0.2, 0.25) is 0 Å². The van der Waals surface area contributed by atoms with E-state index in [0.29, 0.717) is 19.0 Å². The Morgan fingerprint density at radius 3 is 2.12 bits per heavy atom. The molecule has 1 fully saturated rings. The molecule has 5 nitrogen and oxygen atoms in total. The van der Waals surface area contributed by atoms with Crippen molar-refractivity contribution in [1.29, 1.82) is 0 Å². The van der Waals surface area contributed by atoms with Gasteiger partial charge >= 0.3 is 6.36 Å². The highest BCUT2D eigenvalue weighted by Gasteiger charge is 2.31. The first kappa shape index (κ1) is 19.0. The van der Waals surface area contributed by atoms with Crippen LogP contribution in [0.3, 0.4) is 0 Å². The quantitative estimate of drug-likeness (QED) is 0.811. The normalized spacial score (nSPS) is 22.3. The Morgan fingerprint density at radius 1 is 1.08 bits per heavy atom. The van der Waals surface area contributed by atoms with E-state index in [4.69, 9.17) is 5.73 Å². The molecule has 1 aromatic rings. The molecule has 0 aliphatic heterocycles. The molecular formula is C15H21F3N2O3S. The van der Waals surface area contributed by atoms with E-state index < -0.39 is 22.1 Å². The van der Waals surface area contributed by atoms with Gasteiger partial charge < -0.3 is 10.5 Å². The monoisotopic (exact) mass is 366 g/mol. The molecule has 0 amide bonds. The van der Waals surface area contributed by atoms with E-state index in [9.17, 15) is 21.6 Å². The van der Waals surface area contributed by atoms with E-state index >= 15 is 0 Å². The average Bonchev–Trinajstić information content (AvgIpc) is 2.52. The number of nitrogens with two attached hydrogens (primary N) is 1. The van der Waals surface area contributed by atoms with Gasteiger partial charge in [-0.1, -0.05) is 0 Å². The zero-order chi connectivity index (χ0) is 17.8. The molecule has 1 aromatic carbocycles. The Morgan fingerprint density at radius 2 is 1.62 bits per heavy atom. The number of halogens is 3. The second kappa shape index (κ2) is 7.71. The Labute approximate surface area is 139 Å². The summed E-state index contributed by atoms with van der Waals surface area (Å²) in [6.07, 6.45) is -0.981. The molecular weight excluding hydrogens is 345 g/mol. The van der Waals surface area contributed by atoms with E-state index in [1.807, 2.05) is 0 Å². The maximum atomic E-state index is 12.2. The van der Waals surface area contributed by atoms with Crippen molar-refractivity contribution < 1.29 is 26.3 Å². The number of ether oxygens (including phenoxy) is 1. The third-order valence-corrected chi connectivity index (χ3v) is 5.67. The van der Waals surface area contributed by atoms with Gasteiger partial charge in [0.1, 0.15) is 5.75 Å². The van der Waals surface area contributed by atoms with Crippen molar-refractivity contribution in [2.24, 2.45) is 17.6 Å². The summed E-state index contributed by atoms with van der Waals surface area (Å²) in [4.78, 5) is -0.0901. The highest BCUT2D eigenvalue weighted by atomic mass is 32.2. The average molecular weight is 366 g/mol. The SMILES string of the molecule is NCC1CCC(CNS(=O)(=O)c2ccc(OC(F)(F)F)cc2)CC1. The number of sulfonamides is 1. The van der Waals surface area contributed by atoms with Gasteiger partial charge in [-0.25, -0.2) is 13.1 Å². The maximum absolute atomic E-state index is 12.2. The largest absolute Gasteiger partial charge is 0.573 e. The molecule has 0 heterocycles. The number of nitrogens with one attached hydrogen (secondary N) is 1. The molecule has 0 radical (unpaired) electrons. The minimum absolute atomic E-state index is 0.0901. The minimum atomic E-state index is -4.80. The summed E-state index contributed by atoms with van der Waals surface area (Å²) in [5, 5.41) is 0. The number of alkyl halides is 3. The molecule has 0 spiro atoms. The summed E-state index contributed by atoms with van der Waals surface area (Å²) in [5.41, 5.74) is 5.63. The van der Waals surface area contributed by atoms with Gasteiger partial charge in [-0.2, -0.15) is 0 Å². The van der Waals surface area contributed by atoms with Crippen molar-refractivity contribution >= 4 is 10.0 Å². The predicted molar refractivity (Wildman–Crippen MR) is 82.8 cm³/mol. The van der Waals surface area contributed by atoms with Crippen LogP contribution in [-0.2, 0) is 10.0 Å². The molecule has 1 aliphatic carbocycles. The van der Waals surface area contributed by atoms with E-state index in [0.717, 1.165) is 49.9 Å². The molecule has 1 saturated carbocycles. The first-order chi connectivity index (χ1) is 11.2. The van der Waals surface area contributed by atoms with Crippen molar-refractivity contribution in [2.45, 2.75) is 36.9 Å². The Kier molecular flexibility index (Phi) is 6.11. The maximum Gasteiger partial charge on any atom is 0.573 e.